The molecule has 0 aliphatic carbocycles. The van der Waals surface area contributed by atoms with Gasteiger partial charge in [0.25, 0.3) is 5.69 Å². The van der Waals surface area contributed by atoms with Crippen molar-refractivity contribution in [2.75, 3.05) is 36.4 Å². The number of nitro groups is 1. The number of amides is 2. The van der Waals surface area contributed by atoms with Crippen LogP contribution in [0.3, 0.4) is 0 Å². The number of hydrogen-bond acceptors (Lipinski definition) is 5. The molecular formula is C20H24N4O4. The molecule has 0 bridgehead atoms. The molecule has 0 saturated carbocycles. The predicted molar refractivity (Wildman–Crippen MR) is 108 cm³/mol. The first-order chi connectivity index (χ1) is 13.5. The van der Waals surface area contributed by atoms with Crippen molar-refractivity contribution in [3.05, 3.63) is 58.6 Å². The van der Waals surface area contributed by atoms with E-state index in [1.54, 1.807) is 29.2 Å². The molecule has 0 spiro atoms. The fourth-order valence-electron chi connectivity index (χ4n) is 3.16. The van der Waals surface area contributed by atoms with Crippen LogP contribution in [-0.2, 0) is 0 Å². The van der Waals surface area contributed by atoms with E-state index in [-0.39, 0.29) is 22.7 Å². The summed E-state index contributed by atoms with van der Waals surface area (Å²) in [6.07, 6.45) is 0.00302. The molecule has 0 unspecified atom stereocenters. The van der Waals surface area contributed by atoms with Crippen molar-refractivity contribution in [2.45, 2.75) is 20.0 Å². The maximum atomic E-state index is 12.7. The van der Waals surface area contributed by atoms with Gasteiger partial charge in [0.2, 0.25) is 0 Å². The summed E-state index contributed by atoms with van der Waals surface area (Å²) in [6.45, 7) is 5.88. The third-order valence-electron chi connectivity index (χ3n) is 4.48. The largest absolute Gasteiger partial charge is 0.489 e. The fourth-order valence-corrected chi connectivity index (χ4v) is 3.16. The summed E-state index contributed by atoms with van der Waals surface area (Å²) in [7, 11) is 0. The molecule has 0 radical (unpaired) electrons. The number of nitrogens with zero attached hydrogens (tertiary/aromatic N) is 3. The monoisotopic (exact) mass is 384 g/mol. The summed E-state index contributed by atoms with van der Waals surface area (Å²) in [5.41, 5.74) is 1.30. The molecule has 0 aromatic heterocycles. The molecule has 1 aliphatic rings. The van der Waals surface area contributed by atoms with E-state index in [9.17, 15) is 14.9 Å². The number of ether oxygens (including phenoxy) is 1. The highest BCUT2D eigenvalue weighted by Crippen LogP contribution is 2.29. The maximum Gasteiger partial charge on any atom is 0.322 e. The zero-order valence-corrected chi connectivity index (χ0v) is 16.0. The van der Waals surface area contributed by atoms with Gasteiger partial charge < -0.3 is 19.9 Å². The number of para-hydroxylation sites is 4. The van der Waals surface area contributed by atoms with E-state index in [4.69, 9.17) is 4.74 Å². The first-order valence-electron chi connectivity index (χ1n) is 9.25. The number of nitro benzene ring substituents is 1. The standard InChI is InChI=1S/C20H24N4O4/c1-15(2)28-19-10-6-3-7-16(19)21-20(25)23-13-11-22(12-14-23)17-8-4-5-9-18(17)24(26)27/h3-10,15H,11-14H2,1-2H3,(H,21,25). The number of rotatable bonds is 5. The molecule has 2 aromatic rings. The van der Waals surface area contributed by atoms with E-state index < -0.39 is 0 Å². The van der Waals surface area contributed by atoms with Gasteiger partial charge in [0.15, 0.2) is 0 Å². The van der Waals surface area contributed by atoms with Gasteiger partial charge in [-0.15, -0.1) is 0 Å². The van der Waals surface area contributed by atoms with Crippen molar-refractivity contribution in [3.8, 4) is 5.75 Å². The molecule has 3 rings (SSSR count). The molecule has 8 nitrogen and oxygen atoms in total. The molecule has 1 aliphatic heterocycles. The van der Waals surface area contributed by atoms with Crippen molar-refractivity contribution in [2.24, 2.45) is 0 Å². The van der Waals surface area contributed by atoms with Gasteiger partial charge in [-0.05, 0) is 32.0 Å². The molecule has 2 aromatic carbocycles. The molecule has 1 N–H and O–H groups in total. The van der Waals surface area contributed by atoms with Gasteiger partial charge in [0, 0.05) is 32.2 Å². The van der Waals surface area contributed by atoms with Gasteiger partial charge in [0.1, 0.15) is 11.4 Å². The molecule has 1 fully saturated rings. The molecule has 1 heterocycles. The topological polar surface area (TPSA) is 88.0 Å². The van der Waals surface area contributed by atoms with Crippen molar-refractivity contribution in [1.29, 1.82) is 0 Å². The minimum Gasteiger partial charge on any atom is -0.489 e. The van der Waals surface area contributed by atoms with Gasteiger partial charge in [-0.1, -0.05) is 24.3 Å². The van der Waals surface area contributed by atoms with E-state index in [0.717, 1.165) is 0 Å². The normalized spacial score (nSPS) is 14.1. The minimum absolute atomic E-state index is 0.00302. The van der Waals surface area contributed by atoms with E-state index in [2.05, 4.69) is 5.32 Å². The van der Waals surface area contributed by atoms with Crippen LogP contribution in [0.15, 0.2) is 48.5 Å². The second-order valence-electron chi connectivity index (χ2n) is 6.81. The van der Waals surface area contributed by atoms with E-state index in [1.807, 2.05) is 36.9 Å². The first-order valence-corrected chi connectivity index (χ1v) is 9.25. The summed E-state index contributed by atoms with van der Waals surface area (Å²) in [6, 6.07) is 13.8. The number of carbonyl (C=O) groups excluding carboxylic acids is 1. The van der Waals surface area contributed by atoms with E-state index in [0.29, 0.717) is 43.3 Å². The van der Waals surface area contributed by atoms with Crippen molar-refractivity contribution in [3.63, 3.8) is 0 Å². The summed E-state index contributed by atoms with van der Waals surface area (Å²) in [5, 5.41) is 14.1. The van der Waals surface area contributed by atoms with Gasteiger partial charge in [0.05, 0.1) is 16.7 Å². The van der Waals surface area contributed by atoms with Crippen LogP contribution < -0.4 is 15.0 Å². The second-order valence-corrected chi connectivity index (χ2v) is 6.81. The molecule has 148 valence electrons. The number of benzene rings is 2. The number of carbonyl (C=O) groups is 1. The van der Waals surface area contributed by atoms with Crippen LogP contribution in [0.4, 0.5) is 21.9 Å². The lowest BCUT2D eigenvalue weighted by Crippen LogP contribution is -2.50. The SMILES string of the molecule is CC(C)Oc1ccccc1NC(=O)N1CCN(c2ccccc2[N+](=O)[O-])CC1. The summed E-state index contributed by atoms with van der Waals surface area (Å²) < 4.78 is 5.74. The van der Waals surface area contributed by atoms with Crippen LogP contribution in [0.1, 0.15) is 13.8 Å². The Labute approximate surface area is 163 Å². The average Bonchev–Trinajstić information content (AvgIpc) is 2.69. The van der Waals surface area contributed by atoms with Gasteiger partial charge in [-0.25, -0.2) is 4.79 Å². The number of piperazine rings is 1. The zero-order valence-electron chi connectivity index (χ0n) is 16.0. The lowest BCUT2D eigenvalue weighted by Gasteiger charge is -2.35. The summed E-state index contributed by atoms with van der Waals surface area (Å²) in [4.78, 5) is 27.2. The number of anilines is 2. The molecule has 2 amide bonds. The Kier molecular flexibility index (Phi) is 5.98. The Morgan fingerprint density at radius 3 is 2.39 bits per heavy atom. The second kappa shape index (κ2) is 8.60. The third-order valence-corrected chi connectivity index (χ3v) is 4.48. The molecule has 28 heavy (non-hydrogen) atoms. The highest BCUT2D eigenvalue weighted by Gasteiger charge is 2.25. The zero-order chi connectivity index (χ0) is 20.1. The van der Waals surface area contributed by atoms with Gasteiger partial charge in [-0.3, -0.25) is 10.1 Å². The van der Waals surface area contributed by atoms with E-state index in [1.165, 1.54) is 6.07 Å². The van der Waals surface area contributed by atoms with Crippen LogP contribution >= 0.6 is 0 Å². The van der Waals surface area contributed by atoms with Gasteiger partial charge in [-0.2, -0.15) is 0 Å². The van der Waals surface area contributed by atoms with Crippen LogP contribution in [0.5, 0.6) is 5.75 Å². The fraction of sp³-hybridized carbons (Fsp3) is 0.350. The Balaban J connectivity index is 1.63. The molecule has 0 atom stereocenters. The minimum atomic E-state index is -0.375. The summed E-state index contributed by atoms with van der Waals surface area (Å²) in [5.74, 6) is 0.629. The first kappa shape index (κ1) is 19.5. The predicted octanol–water partition coefficient (Wildman–Crippen LogP) is 3.74. The van der Waals surface area contributed by atoms with E-state index >= 15 is 0 Å². The quantitative estimate of drug-likeness (QED) is 0.627. The molecule has 1 saturated heterocycles. The van der Waals surface area contributed by atoms with Gasteiger partial charge >= 0.3 is 6.03 Å². The number of hydrogen-bond donors (Lipinski definition) is 1. The number of nitrogens with one attached hydrogen (secondary N) is 1. The lowest BCUT2D eigenvalue weighted by atomic mass is 10.2. The Hall–Kier alpha value is -3.29. The molecule has 8 heteroatoms. The smallest absolute Gasteiger partial charge is 0.322 e. The average molecular weight is 384 g/mol. The van der Waals surface area contributed by atoms with Crippen molar-refractivity contribution in [1.82, 2.24) is 4.90 Å². The third kappa shape index (κ3) is 4.51. The highest BCUT2D eigenvalue weighted by molar-refractivity contribution is 5.91. The Morgan fingerprint density at radius 2 is 1.71 bits per heavy atom. The van der Waals surface area contributed by atoms with Crippen LogP contribution in [0.25, 0.3) is 0 Å². The van der Waals surface area contributed by atoms with Crippen LogP contribution in [-0.4, -0.2) is 48.1 Å². The Bertz CT molecular complexity index is 848. The lowest BCUT2D eigenvalue weighted by molar-refractivity contribution is -0.384. The number of urea groups is 1. The maximum absolute atomic E-state index is 12.7. The Morgan fingerprint density at radius 1 is 1.07 bits per heavy atom. The van der Waals surface area contributed by atoms with Crippen LogP contribution in [0, 0.1) is 10.1 Å². The van der Waals surface area contributed by atoms with Crippen molar-refractivity contribution < 1.29 is 14.5 Å². The molecular weight excluding hydrogens is 360 g/mol. The summed E-state index contributed by atoms with van der Waals surface area (Å²) >= 11 is 0. The highest BCUT2D eigenvalue weighted by atomic mass is 16.6. The van der Waals surface area contributed by atoms with Crippen molar-refractivity contribution >= 4 is 23.1 Å². The van der Waals surface area contributed by atoms with Crippen LogP contribution in [0.2, 0.25) is 0 Å².